The van der Waals surface area contributed by atoms with E-state index in [9.17, 15) is 33.4 Å². The molecule has 14 heteroatoms. The van der Waals surface area contributed by atoms with Crippen molar-refractivity contribution in [1.82, 2.24) is 5.32 Å². The van der Waals surface area contributed by atoms with Gasteiger partial charge in [-0.1, -0.05) is 140 Å². The largest absolute Gasteiger partial charge is 0.508 e. The van der Waals surface area contributed by atoms with E-state index in [0.717, 1.165) is 96.0 Å². The zero-order chi connectivity index (χ0) is 67.9. The number of phenolic OH excluding ortho intramolecular Hbond substituents is 1. The molecule has 13 nitrogen and oxygen atoms in total. The number of ether oxygens (including phenoxy) is 2. The van der Waals surface area contributed by atoms with Crippen LogP contribution in [0.25, 0.3) is 10.8 Å². The van der Waals surface area contributed by atoms with Gasteiger partial charge < -0.3 is 46.7 Å². The molecule has 7 aromatic carbocycles. The molecular weight excluding hydrogens is 1250 g/mol. The molecule has 3 fully saturated rings. The molecule has 10 N–H and O–H groups in total. The Bertz CT molecular complexity index is 4630. The SMILES string of the molecule is CNCc1cc2cccc3c2c2c1CCc1cc(C4CCC5CCC(C6(N=C(N)N)Oc7ccc8c(c7)CCC(C)C8CC(S(=O)(=O)O)C7C=C8CC(CC9CC(CO)CC#Cc%10cc(O)ccc%10C8O9)C7c7ccc6cc7)C(Cc6ccccc6)C5(O)C4)ccc1C1(O)C=CC3CC21. The van der Waals surface area contributed by atoms with Gasteiger partial charge in [0.15, 0.2) is 5.96 Å². The number of allylic oxidation sites excluding steroid dienone is 2. The number of nitrogens with zero attached hydrogens (tertiary/aromatic N) is 1. The number of aliphatic imine (C=N–C) groups is 1. The topological polar surface area (TPSA) is 230 Å². The number of benzene rings is 7. The number of fused-ring (bicyclic) bond motifs is 13. The lowest BCUT2D eigenvalue weighted by Gasteiger charge is -2.57. The van der Waals surface area contributed by atoms with Gasteiger partial charge >= 0.3 is 0 Å². The molecular formula is C85H92N4O9S. The Labute approximate surface area is 582 Å². The highest BCUT2D eigenvalue weighted by molar-refractivity contribution is 7.86. The van der Waals surface area contributed by atoms with E-state index in [0.29, 0.717) is 68.2 Å². The molecule has 5 aliphatic heterocycles. The van der Waals surface area contributed by atoms with Crippen LogP contribution in [0.1, 0.15) is 198 Å². The van der Waals surface area contributed by atoms with Crippen LogP contribution in [0.3, 0.4) is 0 Å². The van der Waals surface area contributed by atoms with Crippen molar-refractivity contribution < 1.29 is 42.9 Å². The second-order valence-electron chi connectivity index (χ2n) is 31.5. The van der Waals surface area contributed by atoms with E-state index in [1.165, 1.54) is 38.6 Å². The van der Waals surface area contributed by atoms with E-state index < -0.39 is 62.1 Å². The van der Waals surface area contributed by atoms with Crippen LogP contribution >= 0.6 is 0 Å². The predicted octanol–water partition coefficient (Wildman–Crippen LogP) is 13.7. The fourth-order valence-electron chi connectivity index (χ4n) is 21.8. The third-order valence-corrected chi connectivity index (χ3v) is 27.5. The van der Waals surface area contributed by atoms with Crippen molar-refractivity contribution in [2.24, 2.45) is 57.9 Å². The van der Waals surface area contributed by atoms with Crippen molar-refractivity contribution in [3.05, 3.63) is 235 Å². The number of nitrogens with two attached hydrogens (primary N) is 2. The highest BCUT2D eigenvalue weighted by Crippen LogP contribution is 2.62. The number of aliphatic hydroxyl groups is 3. The van der Waals surface area contributed by atoms with Gasteiger partial charge in [-0.3, -0.25) is 4.55 Å². The number of rotatable bonds is 9. The van der Waals surface area contributed by atoms with Crippen LogP contribution in [-0.4, -0.2) is 70.0 Å². The molecule has 5 heterocycles. The van der Waals surface area contributed by atoms with E-state index in [1.807, 2.05) is 25.2 Å². The van der Waals surface area contributed by atoms with Crippen LogP contribution < -0.4 is 21.5 Å². The minimum absolute atomic E-state index is 0.0106. The average molecular weight is 1350 g/mol. The van der Waals surface area contributed by atoms with Crippen molar-refractivity contribution in [3.63, 3.8) is 0 Å². The molecule has 512 valence electrons. The van der Waals surface area contributed by atoms with Crippen molar-refractivity contribution in [2.75, 3.05) is 13.7 Å². The standard InChI is InChI=1S/C85H92N4O9S/c1-48-14-15-54-40-65-26-29-67(54)71(48)44-77(99(94,95)96)72-42-60-38-59(41-66-34-50(47-90)10-6-11-53-39-64(91)25-28-70(53)81(60)97-66)78(72)51-16-22-63(23-17-51)85(98-65,89-82(86)87)74-31-24-62-21-18-58(45-84(62,93)75(74)35-49-8-4-3-5-9-49)52-20-30-73-56(36-52)19-27-69-61(46-88-2)37-57-12-7-13-68-55-32-33-83(73,92)76(43-55)80(69)79(57)68/h3-5,7-9,12-13,16-17,20,22-23,25-26,28-30,32-33,36-37,39-40,42,48,50,55,58-59,62,66,71-72,74-78,81,88,90-93H,10,14-15,18-19,21,24,27,31,34-35,38,41,43-47H2,1-2H3,(H4,86,87,89)(H,94,95,96). The number of nitrogens with one attached hydrogen (secondary N) is 1. The molecule has 12 bridgehead atoms. The molecule has 0 radical (unpaired) electrons. The number of hydrogen-bond acceptors (Lipinski definition) is 10. The van der Waals surface area contributed by atoms with Crippen LogP contribution in [0.5, 0.6) is 11.5 Å². The Balaban J connectivity index is 0.794. The first kappa shape index (κ1) is 64.8. The van der Waals surface area contributed by atoms with Gasteiger partial charge in [0.1, 0.15) is 23.2 Å². The minimum Gasteiger partial charge on any atom is -0.508 e. The van der Waals surface area contributed by atoms with Gasteiger partial charge in [-0.15, -0.1) is 0 Å². The summed E-state index contributed by atoms with van der Waals surface area (Å²) >= 11 is 0. The molecule has 0 spiro atoms. The summed E-state index contributed by atoms with van der Waals surface area (Å²) in [5.41, 5.74) is 25.4. The second-order valence-corrected chi connectivity index (χ2v) is 33.2. The fourth-order valence-corrected chi connectivity index (χ4v) is 22.9. The molecule has 12 aliphatic rings. The van der Waals surface area contributed by atoms with Crippen LogP contribution in [0.15, 0.2) is 162 Å². The maximum absolute atomic E-state index is 14.7. The van der Waals surface area contributed by atoms with Gasteiger partial charge in [-0.05, 0) is 253 Å². The van der Waals surface area contributed by atoms with Crippen molar-refractivity contribution in [1.29, 1.82) is 0 Å². The lowest BCUT2D eigenvalue weighted by atomic mass is 9.52. The molecule has 2 saturated carbocycles. The Morgan fingerprint density at radius 1 is 0.808 bits per heavy atom. The van der Waals surface area contributed by atoms with Crippen LogP contribution in [0, 0.1) is 53.3 Å². The molecule has 0 amide bonds. The number of aryl methyl sites for hydroxylation is 2. The highest BCUT2D eigenvalue weighted by atomic mass is 32.2. The molecule has 99 heavy (non-hydrogen) atoms. The predicted molar refractivity (Wildman–Crippen MR) is 386 cm³/mol. The Kier molecular flexibility index (Phi) is 16.3. The van der Waals surface area contributed by atoms with E-state index >= 15 is 0 Å². The highest BCUT2D eigenvalue weighted by Gasteiger charge is 2.61. The van der Waals surface area contributed by atoms with Crippen LogP contribution in [0.2, 0.25) is 0 Å². The maximum Gasteiger partial charge on any atom is 0.268 e. The van der Waals surface area contributed by atoms with E-state index in [1.54, 1.807) is 12.1 Å². The van der Waals surface area contributed by atoms with Gasteiger partial charge in [-0.25, -0.2) is 4.99 Å². The number of hydrogen-bond donors (Lipinski definition) is 8. The first-order chi connectivity index (χ1) is 47.9. The Morgan fingerprint density at radius 3 is 2.43 bits per heavy atom. The molecule has 7 aliphatic carbocycles. The zero-order valence-electron chi connectivity index (χ0n) is 56.7. The summed E-state index contributed by atoms with van der Waals surface area (Å²) in [6, 6.07) is 46.1. The Hall–Kier alpha value is -7.58. The summed E-state index contributed by atoms with van der Waals surface area (Å²) in [7, 11) is -2.72. The number of aliphatic hydroxyl groups excluding tert-OH is 1. The first-order valence-electron chi connectivity index (χ1n) is 36.7. The van der Waals surface area contributed by atoms with Crippen molar-refractivity contribution in [2.45, 2.75) is 180 Å². The van der Waals surface area contributed by atoms with Crippen LogP contribution in [-0.2, 0) is 58.4 Å². The number of aromatic hydroxyl groups is 1. The molecule has 19 rings (SSSR count). The summed E-state index contributed by atoms with van der Waals surface area (Å²) in [4.78, 5) is 5.44. The minimum atomic E-state index is -4.74. The summed E-state index contributed by atoms with van der Waals surface area (Å²) in [5.74, 6) is 4.58. The van der Waals surface area contributed by atoms with Crippen molar-refractivity contribution in [3.8, 4) is 23.3 Å². The average Bonchev–Trinajstić information content (AvgIpc) is 0.881. The van der Waals surface area contributed by atoms with Gasteiger partial charge in [0.05, 0.1) is 17.0 Å². The number of guanidine groups is 1. The maximum atomic E-state index is 14.7. The third-order valence-electron chi connectivity index (χ3n) is 26.2. The molecule has 1 saturated heterocycles. The van der Waals surface area contributed by atoms with Gasteiger partial charge in [-0.2, -0.15) is 8.42 Å². The van der Waals surface area contributed by atoms with Gasteiger partial charge in [0, 0.05) is 65.9 Å². The van der Waals surface area contributed by atoms with Gasteiger partial charge in [0.2, 0.25) is 5.72 Å². The normalized spacial score (nSPS) is 33.8. The zero-order valence-corrected chi connectivity index (χ0v) is 57.5. The Morgan fingerprint density at radius 2 is 1.63 bits per heavy atom. The smallest absolute Gasteiger partial charge is 0.268 e. The molecule has 7 aromatic rings. The summed E-state index contributed by atoms with van der Waals surface area (Å²) < 4.78 is 56.4. The third kappa shape index (κ3) is 11.0. The monoisotopic (exact) mass is 1340 g/mol. The fraction of sp³-hybridized carbons (Fsp3) is 0.447. The van der Waals surface area contributed by atoms with Crippen LogP contribution in [0.4, 0.5) is 0 Å². The molecule has 0 aromatic heterocycles. The van der Waals surface area contributed by atoms with Gasteiger partial charge in [0.25, 0.3) is 10.1 Å². The van der Waals surface area contributed by atoms with E-state index in [-0.39, 0.29) is 78.2 Å². The van der Waals surface area contributed by atoms with Crippen molar-refractivity contribution >= 4 is 26.9 Å². The quantitative estimate of drug-likeness (QED) is 0.0222. The first-order valence-corrected chi connectivity index (χ1v) is 38.2. The van der Waals surface area contributed by atoms with E-state index in [2.05, 4.69) is 145 Å². The lowest BCUT2D eigenvalue weighted by molar-refractivity contribution is -0.177. The van der Waals surface area contributed by atoms with E-state index in [4.69, 9.17) is 25.9 Å². The molecule has 18 atom stereocenters. The second kappa shape index (κ2) is 24.9. The summed E-state index contributed by atoms with van der Waals surface area (Å²) in [6.45, 7) is 2.85. The number of phenols is 1. The summed E-state index contributed by atoms with van der Waals surface area (Å²) in [5, 5.41) is 54.5. The lowest BCUT2D eigenvalue weighted by Crippen LogP contribution is -2.60. The summed E-state index contributed by atoms with van der Waals surface area (Å²) in [6.07, 6.45) is 15.9. The molecule has 18 unspecified atom stereocenters.